The number of anilines is 1. The van der Waals surface area contributed by atoms with E-state index in [2.05, 4.69) is 17.3 Å². The van der Waals surface area contributed by atoms with Crippen LogP contribution in [0, 0.1) is 25.6 Å². The Kier molecular flexibility index (Phi) is 6.09. The summed E-state index contributed by atoms with van der Waals surface area (Å²) in [6.07, 6.45) is 1.67. The fraction of sp³-hybridized carbons (Fsp3) is 0.500. The summed E-state index contributed by atoms with van der Waals surface area (Å²) in [5.74, 6) is -0.240. The summed E-state index contributed by atoms with van der Waals surface area (Å²) in [7, 11) is -3.67. The van der Waals surface area contributed by atoms with Gasteiger partial charge in [-0.15, -0.1) is 0 Å². The van der Waals surface area contributed by atoms with Crippen molar-refractivity contribution in [2.45, 2.75) is 51.5 Å². The zero-order valence-electron chi connectivity index (χ0n) is 17.1. The van der Waals surface area contributed by atoms with Crippen molar-refractivity contribution in [2.24, 2.45) is 5.92 Å². The topological polar surface area (TPSA) is 84.3 Å². The van der Waals surface area contributed by atoms with E-state index in [1.54, 1.807) is 20.8 Å². The fourth-order valence-corrected chi connectivity index (χ4v) is 5.47. The van der Waals surface area contributed by atoms with Gasteiger partial charge in [-0.2, -0.15) is 9.40 Å². The van der Waals surface area contributed by atoms with E-state index < -0.39 is 21.9 Å². The lowest BCUT2D eigenvalue weighted by molar-refractivity contribution is -0.119. The molecule has 1 amide bonds. The van der Waals surface area contributed by atoms with Gasteiger partial charge in [0, 0.05) is 18.8 Å². The van der Waals surface area contributed by atoms with Crippen LogP contribution < -0.4 is 5.32 Å². The highest BCUT2D eigenvalue weighted by atomic mass is 32.2. The van der Waals surface area contributed by atoms with Gasteiger partial charge in [-0.1, -0.05) is 6.92 Å². The van der Waals surface area contributed by atoms with Gasteiger partial charge < -0.3 is 5.32 Å². The minimum atomic E-state index is -3.67. The summed E-state index contributed by atoms with van der Waals surface area (Å²) < 4.78 is 42.4. The van der Waals surface area contributed by atoms with Crippen molar-refractivity contribution in [3.63, 3.8) is 0 Å². The summed E-state index contributed by atoms with van der Waals surface area (Å²) in [5, 5.41) is 7.06. The van der Waals surface area contributed by atoms with Crippen LogP contribution in [0.5, 0.6) is 0 Å². The second-order valence-electron chi connectivity index (χ2n) is 7.70. The van der Waals surface area contributed by atoms with Gasteiger partial charge in [0.05, 0.1) is 11.4 Å². The van der Waals surface area contributed by atoms with Crippen molar-refractivity contribution in [2.75, 3.05) is 18.4 Å². The molecule has 2 aromatic rings. The van der Waals surface area contributed by atoms with E-state index in [1.165, 1.54) is 33.3 Å². The van der Waals surface area contributed by atoms with Crippen LogP contribution in [0.25, 0.3) is 0 Å². The number of aryl methyl sites for hydroxylation is 1. The molecule has 158 valence electrons. The van der Waals surface area contributed by atoms with Gasteiger partial charge in [-0.3, -0.25) is 9.48 Å². The fourth-order valence-electron chi connectivity index (χ4n) is 3.64. The maximum absolute atomic E-state index is 13.2. The molecular weight excluding hydrogens is 395 g/mol. The number of hydrogen-bond donors (Lipinski definition) is 1. The van der Waals surface area contributed by atoms with E-state index >= 15 is 0 Å². The van der Waals surface area contributed by atoms with Gasteiger partial charge in [0.15, 0.2) is 0 Å². The number of rotatable bonds is 5. The van der Waals surface area contributed by atoms with Crippen LogP contribution in [-0.2, 0) is 14.8 Å². The second-order valence-corrected chi connectivity index (χ2v) is 9.58. The molecule has 1 saturated heterocycles. The minimum absolute atomic E-state index is 0.175. The van der Waals surface area contributed by atoms with Crippen molar-refractivity contribution >= 4 is 21.6 Å². The highest BCUT2D eigenvalue weighted by Gasteiger charge is 2.34. The molecule has 7 nitrogen and oxygen atoms in total. The van der Waals surface area contributed by atoms with Gasteiger partial charge >= 0.3 is 0 Å². The van der Waals surface area contributed by atoms with Crippen molar-refractivity contribution in [3.05, 3.63) is 41.5 Å². The first-order chi connectivity index (χ1) is 13.6. The van der Waals surface area contributed by atoms with Crippen molar-refractivity contribution in [1.29, 1.82) is 0 Å². The van der Waals surface area contributed by atoms with Crippen LogP contribution in [0.2, 0.25) is 0 Å². The molecule has 0 unspecified atom stereocenters. The highest BCUT2D eigenvalue weighted by molar-refractivity contribution is 7.89. The van der Waals surface area contributed by atoms with Gasteiger partial charge in [0.2, 0.25) is 15.9 Å². The third kappa shape index (κ3) is 4.35. The molecule has 3 rings (SSSR count). The molecule has 1 aromatic carbocycles. The van der Waals surface area contributed by atoms with Crippen LogP contribution >= 0.6 is 0 Å². The lowest BCUT2D eigenvalue weighted by atomic mass is 10.0. The first-order valence-corrected chi connectivity index (χ1v) is 11.2. The Labute approximate surface area is 171 Å². The molecule has 1 aliphatic rings. The maximum atomic E-state index is 13.2. The number of carbonyl (C=O) groups excluding carboxylic acids is 1. The number of nitrogens with one attached hydrogen (secondary N) is 1. The van der Waals surface area contributed by atoms with Crippen LogP contribution in [0.4, 0.5) is 10.1 Å². The Morgan fingerprint density at radius 2 is 1.79 bits per heavy atom. The summed E-state index contributed by atoms with van der Waals surface area (Å²) in [6, 6.07) is 4.72. The molecular formula is C20H27FN4O3S. The van der Waals surface area contributed by atoms with Crippen molar-refractivity contribution in [3.8, 4) is 0 Å². The monoisotopic (exact) mass is 422 g/mol. The number of benzene rings is 1. The van der Waals surface area contributed by atoms with E-state index in [1.807, 2.05) is 0 Å². The van der Waals surface area contributed by atoms with Crippen LogP contribution in [0.1, 0.15) is 44.1 Å². The van der Waals surface area contributed by atoms with E-state index in [4.69, 9.17) is 0 Å². The third-order valence-electron chi connectivity index (χ3n) is 5.46. The summed E-state index contributed by atoms with van der Waals surface area (Å²) in [5.41, 5.74) is 1.27. The van der Waals surface area contributed by atoms with E-state index in [0.717, 1.165) is 12.8 Å². The number of piperidine rings is 1. The molecule has 0 saturated carbocycles. The Balaban J connectivity index is 1.84. The molecule has 1 aliphatic heterocycles. The standard InChI is InChI=1S/C20H27FN4O3S/c1-13-9-11-24(12-10-13)29(27,28)19-14(2)23-25(15(19)3)16(4)20(26)22-18-7-5-17(21)6-8-18/h5-8,13,16H,9-12H2,1-4H3,(H,22,26)/t16-/m1/s1. The zero-order valence-corrected chi connectivity index (χ0v) is 18.0. The van der Waals surface area contributed by atoms with E-state index in [-0.39, 0.29) is 10.8 Å². The average Bonchev–Trinajstić information content (AvgIpc) is 2.98. The Morgan fingerprint density at radius 3 is 2.38 bits per heavy atom. The number of aromatic nitrogens is 2. The number of hydrogen-bond acceptors (Lipinski definition) is 4. The average molecular weight is 423 g/mol. The first kappa shape index (κ1) is 21.4. The molecule has 2 heterocycles. The zero-order chi connectivity index (χ0) is 21.3. The molecule has 1 N–H and O–H groups in total. The molecule has 1 aromatic heterocycles. The molecule has 0 radical (unpaired) electrons. The largest absolute Gasteiger partial charge is 0.324 e. The molecule has 29 heavy (non-hydrogen) atoms. The summed E-state index contributed by atoms with van der Waals surface area (Å²) >= 11 is 0. The molecule has 0 spiro atoms. The number of amides is 1. The predicted octanol–water partition coefficient (Wildman–Crippen LogP) is 3.26. The number of sulfonamides is 1. The Morgan fingerprint density at radius 1 is 1.21 bits per heavy atom. The lowest BCUT2D eigenvalue weighted by Crippen LogP contribution is -2.38. The van der Waals surface area contributed by atoms with Gasteiger partial charge in [0.1, 0.15) is 16.8 Å². The molecule has 0 aliphatic carbocycles. The van der Waals surface area contributed by atoms with Crippen molar-refractivity contribution < 1.29 is 17.6 Å². The maximum Gasteiger partial charge on any atom is 0.248 e. The van der Waals surface area contributed by atoms with Crippen LogP contribution in [-0.4, -0.2) is 41.5 Å². The molecule has 1 fully saturated rings. The van der Waals surface area contributed by atoms with Gasteiger partial charge in [-0.25, -0.2) is 12.8 Å². The SMILES string of the molecule is Cc1nn([C@H](C)C(=O)Nc2ccc(F)cc2)c(C)c1S(=O)(=O)N1CCC(C)CC1. The quantitative estimate of drug-likeness (QED) is 0.802. The summed E-state index contributed by atoms with van der Waals surface area (Å²) in [4.78, 5) is 12.8. The number of nitrogens with zero attached hydrogens (tertiary/aromatic N) is 3. The first-order valence-electron chi connectivity index (χ1n) is 9.73. The van der Waals surface area contributed by atoms with Crippen molar-refractivity contribution in [1.82, 2.24) is 14.1 Å². The van der Waals surface area contributed by atoms with E-state index in [0.29, 0.717) is 36.1 Å². The highest BCUT2D eigenvalue weighted by Crippen LogP contribution is 2.29. The van der Waals surface area contributed by atoms with Gasteiger partial charge in [-0.05, 0) is 63.8 Å². The molecule has 0 bridgehead atoms. The number of halogens is 1. The predicted molar refractivity (Wildman–Crippen MR) is 109 cm³/mol. The smallest absolute Gasteiger partial charge is 0.248 e. The summed E-state index contributed by atoms with van der Waals surface area (Å²) in [6.45, 7) is 8.08. The normalized spacial score (nSPS) is 17.3. The van der Waals surface area contributed by atoms with E-state index in [9.17, 15) is 17.6 Å². The molecule has 9 heteroatoms. The van der Waals surface area contributed by atoms with Crippen LogP contribution in [0.15, 0.2) is 29.2 Å². The van der Waals surface area contributed by atoms with Crippen LogP contribution in [0.3, 0.4) is 0 Å². The lowest BCUT2D eigenvalue weighted by Gasteiger charge is -2.29. The minimum Gasteiger partial charge on any atom is -0.324 e. The van der Waals surface area contributed by atoms with Gasteiger partial charge in [0.25, 0.3) is 0 Å². The Bertz CT molecular complexity index is 993. The Hall–Kier alpha value is -2.26. The third-order valence-corrected chi connectivity index (χ3v) is 7.61. The second kappa shape index (κ2) is 8.23. The number of carbonyl (C=O) groups is 1. The molecule has 1 atom stereocenters.